The summed E-state index contributed by atoms with van der Waals surface area (Å²) in [4.78, 5) is 8.57. The fourth-order valence-electron chi connectivity index (χ4n) is 1.59. The predicted molar refractivity (Wildman–Crippen MR) is 76.8 cm³/mol. The summed E-state index contributed by atoms with van der Waals surface area (Å²) >= 11 is 0. The van der Waals surface area contributed by atoms with Crippen molar-refractivity contribution in [3.8, 4) is 11.9 Å². The molecule has 6 nitrogen and oxygen atoms in total. The average Bonchev–Trinajstić information content (AvgIpc) is 2.72. The van der Waals surface area contributed by atoms with E-state index in [2.05, 4.69) is 46.3 Å². The summed E-state index contributed by atoms with van der Waals surface area (Å²) in [5.41, 5.74) is 2.96. The van der Waals surface area contributed by atoms with Crippen molar-refractivity contribution in [2.75, 3.05) is 0 Å². The van der Waals surface area contributed by atoms with Crippen LogP contribution in [0.4, 0.5) is 0 Å². The first kappa shape index (κ1) is 14.5. The molecule has 20 heavy (non-hydrogen) atoms. The molecule has 0 aliphatic heterocycles. The highest BCUT2D eigenvalue weighted by Gasteiger charge is 2.11. The van der Waals surface area contributed by atoms with Crippen LogP contribution < -0.4 is 10.1 Å². The van der Waals surface area contributed by atoms with E-state index in [9.17, 15) is 0 Å². The topological polar surface area (TPSA) is 75.7 Å². The fraction of sp³-hybridized carbons (Fsp3) is 0.500. The maximum atomic E-state index is 5.50. The molecule has 0 spiro atoms. The first-order valence-corrected chi connectivity index (χ1v) is 6.61. The first-order chi connectivity index (χ1) is 9.33. The molecule has 0 fully saturated rings. The lowest BCUT2D eigenvalue weighted by atomic mass is 10.1. The minimum Gasteiger partial charge on any atom is -0.404 e. The van der Waals surface area contributed by atoms with Gasteiger partial charge in [0.1, 0.15) is 0 Å². The molecule has 0 amide bonds. The number of ether oxygens (including phenoxy) is 1. The van der Waals surface area contributed by atoms with E-state index in [1.807, 2.05) is 13.8 Å². The Bertz CT molecular complexity index is 585. The lowest BCUT2D eigenvalue weighted by Crippen LogP contribution is -2.35. The highest BCUT2D eigenvalue weighted by Crippen LogP contribution is 2.17. The second kappa shape index (κ2) is 5.58. The Labute approximate surface area is 119 Å². The van der Waals surface area contributed by atoms with Crippen LogP contribution in [0.1, 0.15) is 37.7 Å². The number of hydrogen-bond donors (Lipinski definition) is 2. The normalized spacial score (nSPS) is 11.7. The van der Waals surface area contributed by atoms with Gasteiger partial charge in [0.15, 0.2) is 0 Å². The summed E-state index contributed by atoms with van der Waals surface area (Å²) in [6, 6.07) is 2.11. The van der Waals surface area contributed by atoms with Gasteiger partial charge in [-0.15, -0.1) is 5.10 Å². The maximum Gasteiger partial charge on any atom is 0.323 e. The Morgan fingerprint density at radius 3 is 2.60 bits per heavy atom. The number of aromatic nitrogens is 4. The molecular formula is C14H21N5O. The van der Waals surface area contributed by atoms with E-state index in [4.69, 9.17) is 4.74 Å². The number of aromatic amines is 1. The van der Waals surface area contributed by atoms with Crippen molar-refractivity contribution >= 4 is 0 Å². The van der Waals surface area contributed by atoms with E-state index >= 15 is 0 Å². The molecule has 0 bridgehead atoms. The molecule has 0 unspecified atom stereocenters. The second-order valence-corrected chi connectivity index (χ2v) is 5.86. The molecule has 108 valence electrons. The van der Waals surface area contributed by atoms with Crippen LogP contribution in [0.3, 0.4) is 0 Å². The van der Waals surface area contributed by atoms with Crippen molar-refractivity contribution in [2.24, 2.45) is 0 Å². The van der Waals surface area contributed by atoms with Gasteiger partial charge >= 0.3 is 6.01 Å². The molecule has 2 N–H and O–H groups in total. The molecule has 2 aromatic heterocycles. The van der Waals surface area contributed by atoms with Crippen LogP contribution in [-0.2, 0) is 6.54 Å². The zero-order valence-corrected chi connectivity index (χ0v) is 12.6. The van der Waals surface area contributed by atoms with Crippen molar-refractivity contribution in [1.82, 2.24) is 25.5 Å². The highest BCUT2D eigenvalue weighted by molar-refractivity contribution is 5.21. The SMILES string of the molecule is Cc1cc(Oc2ncc(CNC(C)(C)C)c(C)n2)n[nH]1. The number of aryl methyl sites for hydroxylation is 2. The molecule has 6 heteroatoms. The van der Waals surface area contributed by atoms with Crippen molar-refractivity contribution < 1.29 is 4.74 Å². The van der Waals surface area contributed by atoms with Gasteiger partial charge in [-0.2, -0.15) is 4.98 Å². The van der Waals surface area contributed by atoms with Gasteiger partial charge in [0, 0.05) is 41.3 Å². The molecule has 0 atom stereocenters. The Balaban J connectivity index is 2.05. The zero-order valence-electron chi connectivity index (χ0n) is 12.6. The summed E-state index contributed by atoms with van der Waals surface area (Å²) in [7, 11) is 0. The average molecular weight is 275 g/mol. The fourth-order valence-corrected chi connectivity index (χ4v) is 1.59. The van der Waals surface area contributed by atoms with E-state index in [0.29, 0.717) is 11.9 Å². The van der Waals surface area contributed by atoms with Gasteiger partial charge in [-0.25, -0.2) is 4.98 Å². The summed E-state index contributed by atoms with van der Waals surface area (Å²) in [5.74, 6) is 0.475. The van der Waals surface area contributed by atoms with Crippen molar-refractivity contribution in [1.29, 1.82) is 0 Å². The number of H-pyrrole nitrogens is 1. The third-order valence-electron chi connectivity index (χ3n) is 2.75. The van der Waals surface area contributed by atoms with Crippen molar-refractivity contribution in [2.45, 2.75) is 46.7 Å². The minimum absolute atomic E-state index is 0.0637. The third-order valence-corrected chi connectivity index (χ3v) is 2.75. The quantitative estimate of drug-likeness (QED) is 0.896. The van der Waals surface area contributed by atoms with E-state index in [0.717, 1.165) is 23.5 Å². The number of nitrogens with zero attached hydrogens (tertiary/aromatic N) is 3. The van der Waals surface area contributed by atoms with Gasteiger partial charge in [-0.05, 0) is 34.6 Å². The Morgan fingerprint density at radius 2 is 2.05 bits per heavy atom. The van der Waals surface area contributed by atoms with E-state index in [1.54, 1.807) is 12.3 Å². The Kier molecular flexibility index (Phi) is 4.04. The summed E-state index contributed by atoms with van der Waals surface area (Å²) in [6.07, 6.45) is 1.79. The molecular weight excluding hydrogens is 254 g/mol. The zero-order chi connectivity index (χ0) is 14.8. The van der Waals surface area contributed by atoms with Gasteiger partial charge in [0.05, 0.1) is 0 Å². The number of hydrogen-bond acceptors (Lipinski definition) is 5. The molecule has 0 radical (unpaired) electrons. The van der Waals surface area contributed by atoms with Gasteiger partial charge in [0.2, 0.25) is 5.88 Å². The number of nitrogens with one attached hydrogen (secondary N) is 2. The minimum atomic E-state index is 0.0637. The molecule has 0 aliphatic rings. The molecule has 0 aromatic carbocycles. The van der Waals surface area contributed by atoms with Gasteiger partial charge in [-0.1, -0.05) is 0 Å². The van der Waals surface area contributed by atoms with Gasteiger partial charge in [-0.3, -0.25) is 5.10 Å². The van der Waals surface area contributed by atoms with Crippen molar-refractivity contribution in [3.05, 3.63) is 29.2 Å². The monoisotopic (exact) mass is 275 g/mol. The van der Waals surface area contributed by atoms with Crippen LogP contribution in [0.25, 0.3) is 0 Å². The first-order valence-electron chi connectivity index (χ1n) is 6.61. The maximum absolute atomic E-state index is 5.50. The van der Waals surface area contributed by atoms with E-state index < -0.39 is 0 Å². The third kappa shape index (κ3) is 4.03. The smallest absolute Gasteiger partial charge is 0.323 e. The highest BCUT2D eigenvalue weighted by atomic mass is 16.5. The number of rotatable bonds is 4. The predicted octanol–water partition coefficient (Wildman–Crippen LogP) is 2.50. The van der Waals surface area contributed by atoms with E-state index in [1.165, 1.54) is 0 Å². The second-order valence-electron chi connectivity index (χ2n) is 5.86. The van der Waals surface area contributed by atoms with Crippen LogP contribution in [0, 0.1) is 13.8 Å². The molecule has 0 saturated carbocycles. The lowest BCUT2D eigenvalue weighted by molar-refractivity contribution is 0.413. The molecule has 0 aliphatic carbocycles. The van der Waals surface area contributed by atoms with Crippen LogP contribution in [-0.4, -0.2) is 25.7 Å². The van der Waals surface area contributed by atoms with Gasteiger partial charge in [0.25, 0.3) is 0 Å². The largest absolute Gasteiger partial charge is 0.404 e. The molecule has 2 rings (SSSR count). The van der Waals surface area contributed by atoms with Gasteiger partial charge < -0.3 is 10.1 Å². The summed E-state index contributed by atoms with van der Waals surface area (Å²) < 4.78 is 5.50. The standard InChI is InChI=1S/C14H21N5O/c1-9-6-12(19-18-9)20-13-15-7-11(10(2)17-13)8-16-14(3,4)5/h6-7,16H,8H2,1-5H3,(H,18,19). The summed E-state index contributed by atoms with van der Waals surface area (Å²) in [6.45, 7) is 11.0. The molecule has 2 heterocycles. The molecule has 0 saturated heterocycles. The Hall–Kier alpha value is -1.95. The van der Waals surface area contributed by atoms with Crippen LogP contribution in [0.5, 0.6) is 11.9 Å². The van der Waals surface area contributed by atoms with Crippen LogP contribution in [0.15, 0.2) is 12.3 Å². The van der Waals surface area contributed by atoms with E-state index in [-0.39, 0.29) is 5.54 Å². The Morgan fingerprint density at radius 1 is 1.30 bits per heavy atom. The lowest BCUT2D eigenvalue weighted by Gasteiger charge is -2.20. The van der Waals surface area contributed by atoms with Crippen LogP contribution in [0.2, 0.25) is 0 Å². The van der Waals surface area contributed by atoms with Crippen molar-refractivity contribution in [3.63, 3.8) is 0 Å². The van der Waals surface area contributed by atoms with Crippen LogP contribution >= 0.6 is 0 Å². The summed E-state index contributed by atoms with van der Waals surface area (Å²) in [5, 5.41) is 10.2. The molecule has 2 aromatic rings.